The Kier molecular flexibility index (Phi) is 8.53. The van der Waals surface area contributed by atoms with Crippen LogP contribution in [0, 0.1) is 12.3 Å². The lowest BCUT2D eigenvalue weighted by molar-refractivity contribution is -0.114. The lowest BCUT2D eigenvalue weighted by atomic mass is 9.86. The van der Waals surface area contributed by atoms with E-state index >= 15 is 0 Å². The summed E-state index contributed by atoms with van der Waals surface area (Å²) in [6.07, 6.45) is 3.21. The summed E-state index contributed by atoms with van der Waals surface area (Å²) < 4.78 is 7.31. The van der Waals surface area contributed by atoms with Gasteiger partial charge in [-0.05, 0) is 53.1 Å². The number of nitrogens with zero attached hydrogens (tertiary/aromatic N) is 2. The largest absolute Gasteiger partial charge is 0.492 e. The molecule has 1 aromatic heterocycles. The molecule has 3 amide bonds. The predicted molar refractivity (Wildman–Crippen MR) is 154 cm³/mol. The first-order valence-corrected chi connectivity index (χ1v) is 12.8. The van der Waals surface area contributed by atoms with Gasteiger partial charge in [0.25, 0.3) is 11.8 Å². The van der Waals surface area contributed by atoms with Crippen molar-refractivity contribution in [3.8, 4) is 11.4 Å². The average molecular weight is 534 g/mol. The summed E-state index contributed by atoms with van der Waals surface area (Å²) in [4.78, 5) is 42.1. The predicted octanol–water partition coefficient (Wildman–Crippen LogP) is 5.47. The van der Waals surface area contributed by atoms with Gasteiger partial charge in [0.15, 0.2) is 5.75 Å². The van der Waals surface area contributed by atoms with Crippen molar-refractivity contribution in [3.63, 3.8) is 0 Å². The fraction of sp³-hybridized carbons (Fsp3) is 0.400. The molecule has 0 spiro atoms. The number of aromatic nitrogens is 2. The van der Waals surface area contributed by atoms with Gasteiger partial charge < -0.3 is 25.3 Å². The van der Waals surface area contributed by atoms with Gasteiger partial charge in [-0.25, -0.2) is 4.98 Å². The Morgan fingerprint density at radius 1 is 0.949 bits per heavy atom. The van der Waals surface area contributed by atoms with Crippen molar-refractivity contribution >= 4 is 29.1 Å². The number of imidazole rings is 1. The van der Waals surface area contributed by atoms with Crippen molar-refractivity contribution in [1.82, 2.24) is 14.9 Å². The molecule has 0 saturated carbocycles. The molecule has 0 bridgehead atoms. The van der Waals surface area contributed by atoms with Crippen LogP contribution in [0.4, 0.5) is 11.4 Å². The molecule has 3 N–H and O–H groups in total. The number of carbonyl (C=O) groups is 3. The van der Waals surface area contributed by atoms with E-state index in [9.17, 15) is 14.4 Å². The van der Waals surface area contributed by atoms with Crippen LogP contribution in [0.2, 0.25) is 0 Å². The molecule has 0 aliphatic heterocycles. The minimum Gasteiger partial charge on any atom is -0.492 e. The summed E-state index contributed by atoms with van der Waals surface area (Å²) in [6.45, 7) is 16.1. The summed E-state index contributed by atoms with van der Waals surface area (Å²) in [6, 6.07) is 9.04. The van der Waals surface area contributed by atoms with E-state index in [0.29, 0.717) is 34.9 Å². The van der Waals surface area contributed by atoms with E-state index in [1.807, 2.05) is 66.7 Å². The number of hydrogen-bond acceptors (Lipinski definition) is 5. The molecule has 0 unspecified atom stereocenters. The van der Waals surface area contributed by atoms with Crippen molar-refractivity contribution in [1.29, 1.82) is 0 Å². The van der Waals surface area contributed by atoms with Gasteiger partial charge in [0, 0.05) is 25.2 Å². The molecule has 9 nitrogen and oxygen atoms in total. The Morgan fingerprint density at radius 3 is 2.15 bits per heavy atom. The van der Waals surface area contributed by atoms with Crippen LogP contribution >= 0.6 is 0 Å². The summed E-state index contributed by atoms with van der Waals surface area (Å²) in [5, 5.41) is 8.65. The van der Waals surface area contributed by atoms with Crippen LogP contribution in [0.1, 0.15) is 80.4 Å². The minimum absolute atomic E-state index is 0.0471. The Labute approximate surface area is 230 Å². The molecule has 9 heteroatoms. The van der Waals surface area contributed by atoms with E-state index in [0.717, 1.165) is 16.8 Å². The molecule has 0 saturated heterocycles. The third-order valence-electron chi connectivity index (χ3n) is 6.06. The van der Waals surface area contributed by atoms with Crippen LogP contribution in [0.3, 0.4) is 0 Å². The van der Waals surface area contributed by atoms with Gasteiger partial charge in [-0.15, -0.1) is 0 Å². The highest BCUT2D eigenvalue weighted by molar-refractivity contribution is 6.06. The standard InChI is InChI=1S/C30H39N5O4/c1-18-10-11-20(12-25(18)35-15-24(32-17-35)28(38)31-16-29(3,4)5)27(37)34-23-14-21(30(6,7)8)13-22(26(23)39-9)33-19(2)36/h10-15,17H,16H2,1-9H3,(H,31,38)(H,33,36)(H,34,37). The summed E-state index contributed by atoms with van der Waals surface area (Å²) in [5.74, 6) is -0.486. The second kappa shape index (κ2) is 11.3. The molecule has 208 valence electrons. The Bertz CT molecular complexity index is 1390. The quantitative estimate of drug-likeness (QED) is 0.372. The summed E-state index contributed by atoms with van der Waals surface area (Å²) in [7, 11) is 1.49. The zero-order chi connectivity index (χ0) is 29.1. The van der Waals surface area contributed by atoms with Gasteiger partial charge in [-0.2, -0.15) is 0 Å². The lowest BCUT2D eigenvalue weighted by Crippen LogP contribution is -2.32. The van der Waals surface area contributed by atoms with E-state index in [4.69, 9.17) is 4.74 Å². The van der Waals surface area contributed by atoms with Crippen molar-refractivity contribution in [2.24, 2.45) is 5.41 Å². The number of nitrogens with one attached hydrogen (secondary N) is 3. The van der Waals surface area contributed by atoms with Gasteiger partial charge in [-0.1, -0.05) is 47.6 Å². The van der Waals surface area contributed by atoms with Gasteiger partial charge in [0.1, 0.15) is 12.0 Å². The molecule has 0 aliphatic rings. The van der Waals surface area contributed by atoms with Crippen molar-refractivity contribution in [2.75, 3.05) is 24.3 Å². The summed E-state index contributed by atoms with van der Waals surface area (Å²) >= 11 is 0. The molecular weight excluding hydrogens is 494 g/mol. The van der Waals surface area contributed by atoms with Crippen molar-refractivity contribution in [3.05, 3.63) is 65.2 Å². The first kappa shape index (κ1) is 29.4. The number of rotatable bonds is 7. The Balaban J connectivity index is 1.93. The van der Waals surface area contributed by atoms with Crippen LogP contribution in [0.5, 0.6) is 5.75 Å². The Morgan fingerprint density at radius 2 is 1.59 bits per heavy atom. The normalized spacial score (nSPS) is 11.6. The van der Waals surface area contributed by atoms with Gasteiger partial charge in [0.2, 0.25) is 5.91 Å². The van der Waals surface area contributed by atoms with Crippen LogP contribution < -0.4 is 20.7 Å². The number of anilines is 2. The molecule has 3 aromatic rings. The van der Waals surface area contributed by atoms with Crippen LogP contribution in [-0.2, 0) is 10.2 Å². The maximum atomic E-state index is 13.4. The smallest absolute Gasteiger partial charge is 0.271 e. The monoisotopic (exact) mass is 533 g/mol. The number of methoxy groups -OCH3 is 1. The minimum atomic E-state index is -0.349. The highest BCUT2D eigenvalue weighted by Gasteiger charge is 2.22. The molecule has 0 fully saturated rings. The molecule has 0 radical (unpaired) electrons. The fourth-order valence-electron chi connectivity index (χ4n) is 3.89. The van der Waals surface area contributed by atoms with E-state index in [1.165, 1.54) is 14.0 Å². The number of aryl methyl sites for hydroxylation is 1. The van der Waals surface area contributed by atoms with Crippen LogP contribution in [-0.4, -0.2) is 40.9 Å². The summed E-state index contributed by atoms with van der Waals surface area (Å²) in [5.41, 5.74) is 3.89. The molecule has 2 aromatic carbocycles. The number of ether oxygens (including phenoxy) is 1. The third kappa shape index (κ3) is 7.46. The third-order valence-corrected chi connectivity index (χ3v) is 6.06. The van der Waals surface area contributed by atoms with Crippen LogP contribution in [0.15, 0.2) is 42.9 Å². The maximum absolute atomic E-state index is 13.4. The zero-order valence-electron chi connectivity index (χ0n) is 24.3. The molecule has 3 rings (SSSR count). The highest BCUT2D eigenvalue weighted by atomic mass is 16.5. The topological polar surface area (TPSA) is 114 Å². The fourth-order valence-corrected chi connectivity index (χ4v) is 3.89. The SMILES string of the molecule is COc1c(NC(C)=O)cc(C(C)(C)C)cc1NC(=O)c1ccc(C)c(-n2cnc(C(=O)NCC(C)(C)C)c2)c1. The average Bonchev–Trinajstić information content (AvgIpc) is 3.31. The number of amides is 3. The second-order valence-corrected chi connectivity index (χ2v) is 11.9. The lowest BCUT2D eigenvalue weighted by Gasteiger charge is -2.24. The molecular formula is C30H39N5O4. The number of hydrogen-bond donors (Lipinski definition) is 3. The zero-order valence-corrected chi connectivity index (χ0v) is 24.3. The van der Waals surface area contributed by atoms with E-state index in [2.05, 4.69) is 20.9 Å². The van der Waals surface area contributed by atoms with Crippen LogP contribution in [0.25, 0.3) is 5.69 Å². The molecule has 1 heterocycles. The second-order valence-electron chi connectivity index (χ2n) is 11.9. The molecule has 0 atom stereocenters. The number of carbonyl (C=O) groups excluding carboxylic acids is 3. The van der Waals surface area contributed by atoms with Crippen molar-refractivity contribution < 1.29 is 19.1 Å². The first-order valence-electron chi connectivity index (χ1n) is 12.8. The molecule has 39 heavy (non-hydrogen) atoms. The van der Waals surface area contributed by atoms with Gasteiger partial charge in [-0.3, -0.25) is 14.4 Å². The Hall–Kier alpha value is -4.14. The van der Waals surface area contributed by atoms with Gasteiger partial charge >= 0.3 is 0 Å². The molecule has 0 aliphatic carbocycles. The van der Waals surface area contributed by atoms with Gasteiger partial charge in [0.05, 0.1) is 24.2 Å². The number of benzene rings is 2. The highest BCUT2D eigenvalue weighted by Crippen LogP contribution is 2.39. The van der Waals surface area contributed by atoms with E-state index in [-0.39, 0.29) is 28.6 Å². The maximum Gasteiger partial charge on any atom is 0.271 e. The first-order chi connectivity index (χ1) is 18.1. The van der Waals surface area contributed by atoms with E-state index in [1.54, 1.807) is 29.2 Å². The van der Waals surface area contributed by atoms with Crippen molar-refractivity contribution in [2.45, 2.75) is 60.8 Å². The van der Waals surface area contributed by atoms with E-state index < -0.39 is 0 Å².